The summed E-state index contributed by atoms with van der Waals surface area (Å²) in [6.07, 6.45) is 4.76. The van der Waals surface area contributed by atoms with Crippen molar-refractivity contribution in [1.82, 2.24) is 14.7 Å². The Kier molecular flexibility index (Phi) is 4.74. The third-order valence-corrected chi connectivity index (χ3v) is 3.65. The molecule has 2 atom stereocenters. The Labute approximate surface area is 122 Å². The van der Waals surface area contributed by atoms with Crippen molar-refractivity contribution in [3.63, 3.8) is 0 Å². The van der Waals surface area contributed by atoms with E-state index in [-0.39, 0.29) is 19.1 Å². The van der Waals surface area contributed by atoms with Gasteiger partial charge in [0.15, 0.2) is 0 Å². The molecule has 0 spiro atoms. The van der Waals surface area contributed by atoms with Gasteiger partial charge in [-0.2, -0.15) is 5.10 Å². The van der Waals surface area contributed by atoms with Crippen LogP contribution in [0.25, 0.3) is 6.08 Å². The second-order valence-corrected chi connectivity index (χ2v) is 4.89. The van der Waals surface area contributed by atoms with Gasteiger partial charge in [0.1, 0.15) is 5.92 Å². The van der Waals surface area contributed by atoms with Crippen LogP contribution in [0.4, 0.5) is 0 Å². The van der Waals surface area contributed by atoms with Crippen molar-refractivity contribution >= 4 is 18.0 Å². The fourth-order valence-corrected chi connectivity index (χ4v) is 2.44. The van der Waals surface area contributed by atoms with Gasteiger partial charge in [-0.05, 0) is 19.1 Å². The summed E-state index contributed by atoms with van der Waals surface area (Å²) in [5.74, 6) is -1.82. The summed E-state index contributed by atoms with van der Waals surface area (Å²) in [5, 5.41) is 13.2. The number of ether oxygens (including phenoxy) is 1. The number of likely N-dealkylation sites (N-methyl/N-ethyl adjacent to an activating group) is 1. The van der Waals surface area contributed by atoms with Crippen LogP contribution in [0, 0.1) is 5.92 Å². The normalized spacial score (nSPS) is 21.8. The van der Waals surface area contributed by atoms with E-state index in [4.69, 9.17) is 4.74 Å². The smallest absolute Gasteiger partial charge is 0.311 e. The van der Waals surface area contributed by atoms with E-state index in [1.165, 1.54) is 6.08 Å². The summed E-state index contributed by atoms with van der Waals surface area (Å²) in [7, 11) is 1.78. The maximum absolute atomic E-state index is 12.3. The van der Waals surface area contributed by atoms with Crippen molar-refractivity contribution in [2.45, 2.75) is 13.0 Å². The molecule has 1 fully saturated rings. The number of rotatable bonds is 5. The van der Waals surface area contributed by atoms with Gasteiger partial charge in [-0.3, -0.25) is 14.3 Å². The molecule has 114 valence electrons. The number of nitrogens with zero attached hydrogens (tertiary/aromatic N) is 3. The van der Waals surface area contributed by atoms with Crippen molar-refractivity contribution in [1.29, 1.82) is 0 Å². The minimum atomic E-state index is -0.931. The van der Waals surface area contributed by atoms with Crippen LogP contribution in [0.5, 0.6) is 0 Å². The Morgan fingerprint density at radius 3 is 2.90 bits per heavy atom. The second-order valence-electron chi connectivity index (χ2n) is 4.89. The van der Waals surface area contributed by atoms with Gasteiger partial charge in [0, 0.05) is 25.9 Å². The van der Waals surface area contributed by atoms with Gasteiger partial charge in [-0.15, -0.1) is 0 Å². The minimum Gasteiger partial charge on any atom is -0.481 e. The highest BCUT2D eigenvalue weighted by atomic mass is 16.5. The van der Waals surface area contributed by atoms with E-state index in [1.54, 1.807) is 35.0 Å². The largest absolute Gasteiger partial charge is 0.481 e. The summed E-state index contributed by atoms with van der Waals surface area (Å²) >= 11 is 0. The van der Waals surface area contributed by atoms with E-state index in [0.29, 0.717) is 6.54 Å². The Balaban J connectivity index is 2.10. The molecule has 1 aliphatic rings. The Morgan fingerprint density at radius 2 is 2.33 bits per heavy atom. The molecule has 1 aromatic heterocycles. The predicted molar refractivity (Wildman–Crippen MR) is 75.4 cm³/mol. The van der Waals surface area contributed by atoms with Crippen LogP contribution in [0.15, 0.2) is 18.3 Å². The Bertz CT molecular complexity index is 552. The molecule has 2 rings (SSSR count). The third-order valence-electron chi connectivity index (χ3n) is 3.65. The molecule has 1 saturated heterocycles. The number of aliphatic carboxylic acids is 1. The lowest BCUT2D eigenvalue weighted by Gasteiger charge is -2.28. The van der Waals surface area contributed by atoms with Gasteiger partial charge in [0.2, 0.25) is 5.91 Å². The number of hydrogen-bond acceptors (Lipinski definition) is 4. The molecular formula is C14H19N3O4. The zero-order valence-electron chi connectivity index (χ0n) is 12.1. The van der Waals surface area contributed by atoms with Gasteiger partial charge in [-0.1, -0.05) is 0 Å². The third kappa shape index (κ3) is 3.30. The van der Waals surface area contributed by atoms with Crippen LogP contribution in [0.2, 0.25) is 0 Å². The number of aryl methyl sites for hydroxylation is 1. The summed E-state index contributed by atoms with van der Waals surface area (Å²) < 4.78 is 6.87. The first kappa shape index (κ1) is 15.2. The number of carboxylic acids is 1. The van der Waals surface area contributed by atoms with Crippen LogP contribution in [0.1, 0.15) is 12.6 Å². The lowest BCUT2D eigenvalue weighted by molar-refractivity contribution is -0.144. The molecule has 1 aromatic rings. The van der Waals surface area contributed by atoms with E-state index >= 15 is 0 Å². The van der Waals surface area contributed by atoms with Gasteiger partial charge in [-0.25, -0.2) is 0 Å². The standard InChI is InChI=1S/C14H19N3O4/c1-3-17(12-9-21-8-11(12)14(19)20)13(18)5-4-10-6-7-15-16(10)2/h4-7,11-12H,3,8-9H2,1-2H3,(H,19,20). The number of carboxylic acid groups (broad SMARTS) is 1. The number of hydrogen-bond donors (Lipinski definition) is 1. The maximum atomic E-state index is 12.3. The number of carbonyl (C=O) groups is 2. The molecule has 0 radical (unpaired) electrons. The second kappa shape index (κ2) is 6.53. The molecule has 0 saturated carbocycles. The highest BCUT2D eigenvalue weighted by Crippen LogP contribution is 2.20. The molecule has 1 aliphatic heterocycles. The Morgan fingerprint density at radius 1 is 1.57 bits per heavy atom. The first-order chi connectivity index (χ1) is 10.0. The topological polar surface area (TPSA) is 84.7 Å². The quantitative estimate of drug-likeness (QED) is 0.793. The summed E-state index contributed by atoms with van der Waals surface area (Å²) in [4.78, 5) is 25.0. The van der Waals surface area contributed by atoms with E-state index in [9.17, 15) is 14.7 Å². The minimum absolute atomic E-state index is 0.148. The average molecular weight is 293 g/mol. The molecule has 1 N–H and O–H groups in total. The van der Waals surface area contributed by atoms with Crippen LogP contribution >= 0.6 is 0 Å². The molecule has 1 amide bonds. The van der Waals surface area contributed by atoms with Crippen molar-refractivity contribution in [3.05, 3.63) is 24.0 Å². The van der Waals surface area contributed by atoms with Gasteiger partial charge < -0.3 is 14.7 Å². The number of aromatic nitrogens is 2. The van der Waals surface area contributed by atoms with Crippen molar-refractivity contribution < 1.29 is 19.4 Å². The maximum Gasteiger partial charge on any atom is 0.311 e. The first-order valence-corrected chi connectivity index (χ1v) is 6.81. The highest BCUT2D eigenvalue weighted by Gasteiger charge is 2.38. The number of amides is 1. The summed E-state index contributed by atoms with van der Waals surface area (Å²) in [5.41, 5.74) is 0.803. The van der Waals surface area contributed by atoms with Crippen molar-refractivity contribution in [2.24, 2.45) is 13.0 Å². The summed E-state index contributed by atoms with van der Waals surface area (Å²) in [6.45, 7) is 2.67. The molecule has 2 heterocycles. The van der Waals surface area contributed by atoms with Crippen LogP contribution in [0.3, 0.4) is 0 Å². The molecule has 7 nitrogen and oxygen atoms in total. The monoisotopic (exact) mass is 293 g/mol. The van der Waals surface area contributed by atoms with Crippen molar-refractivity contribution in [3.8, 4) is 0 Å². The van der Waals surface area contributed by atoms with Crippen LogP contribution in [-0.4, -0.2) is 57.5 Å². The van der Waals surface area contributed by atoms with E-state index in [2.05, 4.69) is 5.10 Å². The van der Waals surface area contributed by atoms with Crippen molar-refractivity contribution in [2.75, 3.05) is 19.8 Å². The molecule has 2 unspecified atom stereocenters. The SMILES string of the molecule is CCN(C(=O)C=Cc1ccnn1C)C1COCC1C(=O)O. The van der Waals surface area contributed by atoms with Crippen LogP contribution < -0.4 is 0 Å². The zero-order valence-corrected chi connectivity index (χ0v) is 12.1. The van der Waals surface area contributed by atoms with E-state index < -0.39 is 17.9 Å². The molecular weight excluding hydrogens is 274 g/mol. The van der Waals surface area contributed by atoms with Gasteiger partial charge in [0.05, 0.1) is 24.9 Å². The molecule has 0 aromatic carbocycles. The number of carbonyl (C=O) groups excluding carboxylic acids is 1. The average Bonchev–Trinajstić information content (AvgIpc) is 3.06. The van der Waals surface area contributed by atoms with Gasteiger partial charge >= 0.3 is 5.97 Å². The zero-order chi connectivity index (χ0) is 15.4. The van der Waals surface area contributed by atoms with E-state index in [0.717, 1.165) is 5.69 Å². The highest BCUT2D eigenvalue weighted by molar-refractivity contribution is 5.92. The Hall–Kier alpha value is -2.15. The first-order valence-electron chi connectivity index (χ1n) is 6.81. The fraction of sp³-hybridized carbons (Fsp3) is 0.500. The fourth-order valence-electron chi connectivity index (χ4n) is 2.44. The summed E-state index contributed by atoms with van der Waals surface area (Å²) in [6, 6.07) is 1.37. The van der Waals surface area contributed by atoms with E-state index in [1.807, 2.05) is 6.92 Å². The predicted octanol–water partition coefficient (Wildman–Crippen LogP) is 0.381. The molecule has 7 heteroatoms. The lowest BCUT2D eigenvalue weighted by atomic mass is 10.0. The van der Waals surface area contributed by atoms with Gasteiger partial charge in [0.25, 0.3) is 0 Å². The molecule has 0 aliphatic carbocycles. The van der Waals surface area contributed by atoms with Crippen LogP contribution in [-0.2, 0) is 21.4 Å². The molecule has 0 bridgehead atoms. The molecule has 21 heavy (non-hydrogen) atoms. The lowest BCUT2D eigenvalue weighted by Crippen LogP contribution is -2.45.